The molecule has 3 heterocycles. The minimum atomic E-state index is -0.0569. The molecule has 30 heavy (non-hydrogen) atoms. The first-order valence-corrected chi connectivity index (χ1v) is 10.5. The number of fused-ring (bicyclic) bond motifs is 3. The molecular formula is C24H24N4O2. The van der Waals surface area contributed by atoms with Gasteiger partial charge in [-0.1, -0.05) is 42.5 Å². The molecule has 2 aromatic carbocycles. The molecule has 0 atom stereocenters. The first-order chi connectivity index (χ1) is 14.7. The minimum absolute atomic E-state index is 0.00715. The van der Waals surface area contributed by atoms with Crippen LogP contribution in [0.5, 0.6) is 0 Å². The van der Waals surface area contributed by atoms with E-state index in [1.165, 1.54) is 0 Å². The lowest BCUT2D eigenvalue weighted by Crippen LogP contribution is -2.43. The van der Waals surface area contributed by atoms with Crippen LogP contribution in [0.2, 0.25) is 0 Å². The number of aromatic nitrogens is 2. The van der Waals surface area contributed by atoms with E-state index in [1.807, 2.05) is 70.5 Å². The molecule has 152 valence electrons. The number of hydrogen-bond acceptors (Lipinski definition) is 3. The van der Waals surface area contributed by atoms with Crippen molar-refractivity contribution in [3.63, 3.8) is 0 Å². The highest BCUT2D eigenvalue weighted by Gasteiger charge is 2.34. The molecule has 6 nitrogen and oxygen atoms in total. The molecular weight excluding hydrogens is 376 g/mol. The van der Waals surface area contributed by atoms with Crippen LogP contribution in [0.1, 0.15) is 18.4 Å². The summed E-state index contributed by atoms with van der Waals surface area (Å²) in [5.41, 5.74) is 3.01. The van der Waals surface area contributed by atoms with E-state index < -0.39 is 0 Å². The lowest BCUT2D eigenvalue weighted by molar-refractivity contribution is -0.130. The predicted molar refractivity (Wildman–Crippen MR) is 117 cm³/mol. The zero-order valence-electron chi connectivity index (χ0n) is 16.8. The number of amides is 2. The first kappa shape index (κ1) is 18.6. The van der Waals surface area contributed by atoms with Crippen LogP contribution in [0, 0.1) is 5.92 Å². The normalized spacial score (nSPS) is 17.1. The smallest absolute Gasteiger partial charge is 0.246 e. The van der Waals surface area contributed by atoms with Gasteiger partial charge in [0.1, 0.15) is 0 Å². The summed E-state index contributed by atoms with van der Waals surface area (Å²) in [7, 11) is 0. The fourth-order valence-corrected chi connectivity index (χ4v) is 4.40. The Balaban J connectivity index is 1.22. The topological polar surface area (TPSA) is 58.4 Å². The van der Waals surface area contributed by atoms with E-state index in [9.17, 15) is 9.59 Å². The maximum absolute atomic E-state index is 13.2. The largest absolute Gasteiger partial charge is 0.339 e. The summed E-state index contributed by atoms with van der Waals surface area (Å²) in [5, 5.41) is 0. The highest BCUT2D eigenvalue weighted by atomic mass is 16.2. The Bertz CT molecular complexity index is 1110. The van der Waals surface area contributed by atoms with Gasteiger partial charge in [-0.15, -0.1) is 0 Å². The lowest BCUT2D eigenvalue weighted by Gasteiger charge is -2.32. The number of benzene rings is 2. The van der Waals surface area contributed by atoms with Crippen LogP contribution < -0.4 is 4.90 Å². The second-order valence-electron chi connectivity index (χ2n) is 7.89. The quantitative estimate of drug-likeness (QED) is 0.634. The zero-order chi connectivity index (χ0) is 20.5. The number of carbonyl (C=O) groups is 2. The maximum Gasteiger partial charge on any atom is 0.246 e. The Labute approximate surface area is 175 Å². The van der Waals surface area contributed by atoms with Crippen molar-refractivity contribution in [1.29, 1.82) is 0 Å². The van der Waals surface area contributed by atoms with Crippen molar-refractivity contribution in [2.75, 3.05) is 24.5 Å². The summed E-state index contributed by atoms with van der Waals surface area (Å²) >= 11 is 0. The van der Waals surface area contributed by atoms with E-state index in [1.54, 1.807) is 6.08 Å². The van der Waals surface area contributed by atoms with Crippen molar-refractivity contribution in [2.24, 2.45) is 5.92 Å². The summed E-state index contributed by atoms with van der Waals surface area (Å²) < 4.78 is 2.13. The zero-order valence-corrected chi connectivity index (χ0v) is 16.8. The second kappa shape index (κ2) is 7.78. The fourth-order valence-electron chi connectivity index (χ4n) is 4.40. The van der Waals surface area contributed by atoms with Crippen LogP contribution in [0.4, 0.5) is 5.95 Å². The Hall–Kier alpha value is -3.41. The van der Waals surface area contributed by atoms with E-state index in [2.05, 4.69) is 9.55 Å². The minimum Gasteiger partial charge on any atom is -0.339 e. The highest BCUT2D eigenvalue weighted by molar-refractivity contribution is 5.97. The number of imidazole rings is 1. The molecule has 2 amide bonds. The summed E-state index contributed by atoms with van der Waals surface area (Å²) in [6.45, 7) is 2.67. The van der Waals surface area contributed by atoms with Gasteiger partial charge in [0.15, 0.2) is 0 Å². The summed E-state index contributed by atoms with van der Waals surface area (Å²) in [6, 6.07) is 17.8. The van der Waals surface area contributed by atoms with Crippen molar-refractivity contribution >= 4 is 34.9 Å². The van der Waals surface area contributed by atoms with Crippen molar-refractivity contribution in [2.45, 2.75) is 19.4 Å². The maximum atomic E-state index is 13.2. The molecule has 0 radical (unpaired) electrons. The predicted octanol–water partition coefficient (Wildman–Crippen LogP) is 3.33. The average Bonchev–Trinajstić information content (AvgIpc) is 3.37. The number of rotatable bonds is 3. The second-order valence-corrected chi connectivity index (χ2v) is 7.89. The van der Waals surface area contributed by atoms with E-state index in [0.717, 1.165) is 29.1 Å². The molecule has 3 aromatic rings. The average molecular weight is 400 g/mol. The molecule has 2 aliphatic rings. The van der Waals surface area contributed by atoms with Crippen LogP contribution in [0.3, 0.4) is 0 Å². The third-order valence-corrected chi connectivity index (χ3v) is 6.06. The fraction of sp³-hybridized carbons (Fsp3) is 0.292. The number of likely N-dealkylation sites (tertiary alicyclic amines) is 1. The van der Waals surface area contributed by atoms with E-state index in [0.29, 0.717) is 32.5 Å². The third-order valence-electron chi connectivity index (χ3n) is 6.06. The highest BCUT2D eigenvalue weighted by Crippen LogP contribution is 2.30. The molecule has 0 aliphatic carbocycles. The van der Waals surface area contributed by atoms with Gasteiger partial charge >= 0.3 is 0 Å². The molecule has 1 saturated heterocycles. The number of nitrogens with zero attached hydrogens (tertiary/aromatic N) is 4. The van der Waals surface area contributed by atoms with E-state index >= 15 is 0 Å². The first-order valence-electron chi connectivity index (χ1n) is 10.5. The summed E-state index contributed by atoms with van der Waals surface area (Å²) in [4.78, 5) is 34.0. The van der Waals surface area contributed by atoms with Gasteiger partial charge in [0.25, 0.3) is 0 Å². The van der Waals surface area contributed by atoms with Gasteiger partial charge in [-0.3, -0.25) is 14.5 Å². The Kier molecular flexibility index (Phi) is 4.83. The van der Waals surface area contributed by atoms with Gasteiger partial charge in [-0.05, 0) is 36.6 Å². The number of para-hydroxylation sites is 2. The molecule has 0 bridgehead atoms. The van der Waals surface area contributed by atoms with Crippen LogP contribution in [-0.4, -0.2) is 45.9 Å². The van der Waals surface area contributed by atoms with Crippen molar-refractivity contribution in [1.82, 2.24) is 14.5 Å². The van der Waals surface area contributed by atoms with Gasteiger partial charge < -0.3 is 9.47 Å². The van der Waals surface area contributed by atoms with Crippen LogP contribution >= 0.6 is 0 Å². The van der Waals surface area contributed by atoms with Crippen LogP contribution in [0.15, 0.2) is 60.7 Å². The number of hydrogen-bond donors (Lipinski definition) is 0. The SMILES string of the molecule is O=C(/C=C/c1ccccc1)N1CCC(C(=O)N2CCn3c2nc2ccccc23)CC1. The van der Waals surface area contributed by atoms with Crippen molar-refractivity contribution in [3.05, 3.63) is 66.2 Å². The number of anilines is 1. The Morgan fingerprint density at radius 3 is 2.43 bits per heavy atom. The standard InChI is InChI=1S/C24H24N4O2/c29-22(11-10-18-6-2-1-3-7-18)26-14-12-19(13-15-26)23(30)28-17-16-27-21-9-5-4-8-20(21)25-24(27)28/h1-11,19H,12-17H2/b11-10+. The molecule has 0 unspecified atom stereocenters. The molecule has 1 aromatic heterocycles. The van der Waals surface area contributed by atoms with Crippen LogP contribution in [-0.2, 0) is 16.1 Å². The van der Waals surface area contributed by atoms with Gasteiger partial charge in [0.05, 0.1) is 11.0 Å². The van der Waals surface area contributed by atoms with Crippen molar-refractivity contribution < 1.29 is 9.59 Å². The van der Waals surface area contributed by atoms with Gasteiger partial charge in [-0.25, -0.2) is 4.98 Å². The lowest BCUT2D eigenvalue weighted by atomic mass is 9.95. The van der Waals surface area contributed by atoms with E-state index in [-0.39, 0.29) is 17.7 Å². The van der Waals surface area contributed by atoms with Crippen LogP contribution in [0.25, 0.3) is 17.1 Å². The molecule has 0 spiro atoms. The van der Waals surface area contributed by atoms with Gasteiger partial charge in [0, 0.05) is 38.2 Å². The van der Waals surface area contributed by atoms with E-state index in [4.69, 9.17) is 0 Å². The number of carbonyl (C=O) groups excluding carboxylic acids is 2. The summed E-state index contributed by atoms with van der Waals surface area (Å²) in [6.07, 6.45) is 4.86. The molecule has 1 fully saturated rings. The molecule has 2 aliphatic heterocycles. The molecule has 6 heteroatoms. The van der Waals surface area contributed by atoms with Gasteiger partial charge in [-0.2, -0.15) is 0 Å². The molecule has 0 saturated carbocycles. The molecule has 0 N–H and O–H groups in total. The monoisotopic (exact) mass is 400 g/mol. The number of piperidine rings is 1. The summed E-state index contributed by atoms with van der Waals surface area (Å²) in [5.74, 6) is 0.840. The Morgan fingerprint density at radius 1 is 0.900 bits per heavy atom. The van der Waals surface area contributed by atoms with Gasteiger partial charge in [0.2, 0.25) is 17.8 Å². The molecule has 5 rings (SSSR count). The Morgan fingerprint density at radius 2 is 1.63 bits per heavy atom. The van der Waals surface area contributed by atoms with Crippen molar-refractivity contribution in [3.8, 4) is 0 Å². The third kappa shape index (κ3) is 3.38.